The number of piperidine rings is 1. The molecular formula is C22H35N3O2. The second-order valence-electron chi connectivity index (χ2n) is 8.24. The van der Waals surface area contributed by atoms with Crippen LogP contribution in [0.25, 0.3) is 0 Å². The first-order chi connectivity index (χ1) is 13.1. The molecule has 2 aliphatic rings. The van der Waals surface area contributed by atoms with Gasteiger partial charge in [-0.15, -0.1) is 0 Å². The summed E-state index contributed by atoms with van der Waals surface area (Å²) in [6, 6.07) is 7.66. The maximum absolute atomic E-state index is 12.7. The Morgan fingerprint density at radius 1 is 1.07 bits per heavy atom. The van der Waals surface area contributed by atoms with Crippen LogP contribution in [-0.4, -0.2) is 54.7 Å². The van der Waals surface area contributed by atoms with Crippen molar-refractivity contribution in [2.45, 2.75) is 58.5 Å². The molecule has 2 heterocycles. The van der Waals surface area contributed by atoms with Crippen LogP contribution in [0.4, 0.5) is 10.5 Å². The van der Waals surface area contributed by atoms with E-state index in [9.17, 15) is 4.79 Å². The molecule has 150 valence electrons. The van der Waals surface area contributed by atoms with E-state index in [4.69, 9.17) is 4.74 Å². The largest absolute Gasteiger partial charge is 0.489 e. The Morgan fingerprint density at radius 3 is 2.41 bits per heavy atom. The number of anilines is 1. The number of carbonyl (C=O) groups excluding carboxylic acids is 1. The van der Waals surface area contributed by atoms with Gasteiger partial charge in [-0.05, 0) is 70.7 Å². The zero-order valence-electron chi connectivity index (χ0n) is 17.0. The van der Waals surface area contributed by atoms with Crippen LogP contribution in [0.1, 0.15) is 52.4 Å². The molecule has 3 rings (SSSR count). The lowest BCUT2D eigenvalue weighted by molar-refractivity contribution is 0.155. The fourth-order valence-corrected chi connectivity index (χ4v) is 4.12. The number of amides is 2. The van der Waals surface area contributed by atoms with Crippen molar-refractivity contribution in [1.29, 1.82) is 0 Å². The van der Waals surface area contributed by atoms with Crippen LogP contribution in [-0.2, 0) is 0 Å². The molecule has 2 saturated heterocycles. The number of carbonyl (C=O) groups is 1. The number of ether oxygens (including phenoxy) is 1. The van der Waals surface area contributed by atoms with Gasteiger partial charge in [0.15, 0.2) is 0 Å². The summed E-state index contributed by atoms with van der Waals surface area (Å²) in [6.07, 6.45) is 7.76. The Kier molecular flexibility index (Phi) is 7.39. The van der Waals surface area contributed by atoms with Gasteiger partial charge in [-0.1, -0.05) is 25.0 Å². The molecule has 27 heavy (non-hydrogen) atoms. The summed E-state index contributed by atoms with van der Waals surface area (Å²) in [7, 11) is 0. The highest BCUT2D eigenvalue weighted by Crippen LogP contribution is 2.26. The molecule has 1 N–H and O–H groups in total. The number of nitrogens with zero attached hydrogens (tertiary/aromatic N) is 2. The smallest absolute Gasteiger partial charge is 0.321 e. The van der Waals surface area contributed by atoms with E-state index >= 15 is 0 Å². The standard InChI is InChI=1S/C22H35N3O2/c1-18(2)27-21-10-6-5-9-20(21)23-22(26)25-15-11-19(12-16-25)17-24-13-7-3-4-8-14-24/h5-6,9-10,18-19H,3-4,7-8,11-17H2,1-2H3,(H,23,26). The van der Waals surface area contributed by atoms with Crippen molar-refractivity contribution in [1.82, 2.24) is 9.80 Å². The highest BCUT2D eigenvalue weighted by molar-refractivity contribution is 5.91. The van der Waals surface area contributed by atoms with Gasteiger partial charge in [-0.25, -0.2) is 4.79 Å². The summed E-state index contributed by atoms with van der Waals surface area (Å²) in [5.41, 5.74) is 0.753. The molecule has 2 aliphatic heterocycles. The van der Waals surface area contributed by atoms with E-state index in [2.05, 4.69) is 10.2 Å². The van der Waals surface area contributed by atoms with Crippen LogP contribution in [0.2, 0.25) is 0 Å². The second kappa shape index (κ2) is 9.98. The summed E-state index contributed by atoms with van der Waals surface area (Å²) in [6.45, 7) is 9.40. The van der Waals surface area contributed by atoms with Gasteiger partial charge in [-0.2, -0.15) is 0 Å². The quantitative estimate of drug-likeness (QED) is 0.821. The van der Waals surface area contributed by atoms with Gasteiger partial charge < -0.3 is 19.9 Å². The maximum Gasteiger partial charge on any atom is 0.321 e. The van der Waals surface area contributed by atoms with Crippen molar-refractivity contribution in [3.63, 3.8) is 0 Å². The first kappa shape index (κ1) is 20.0. The molecule has 0 bridgehead atoms. The molecule has 0 saturated carbocycles. The zero-order valence-corrected chi connectivity index (χ0v) is 17.0. The van der Waals surface area contributed by atoms with Crippen LogP contribution < -0.4 is 10.1 Å². The van der Waals surface area contributed by atoms with Crippen LogP contribution in [0, 0.1) is 5.92 Å². The van der Waals surface area contributed by atoms with E-state index in [1.807, 2.05) is 43.0 Å². The van der Waals surface area contributed by atoms with Gasteiger partial charge >= 0.3 is 6.03 Å². The molecule has 2 amide bonds. The lowest BCUT2D eigenvalue weighted by Gasteiger charge is -2.34. The summed E-state index contributed by atoms with van der Waals surface area (Å²) < 4.78 is 5.81. The van der Waals surface area contributed by atoms with Gasteiger partial charge in [0.25, 0.3) is 0 Å². The third-order valence-electron chi connectivity index (χ3n) is 5.61. The molecule has 5 nitrogen and oxygen atoms in total. The number of rotatable bonds is 5. The van der Waals surface area contributed by atoms with E-state index in [0.717, 1.165) is 43.3 Å². The summed E-state index contributed by atoms with van der Waals surface area (Å²) in [5, 5.41) is 3.04. The van der Waals surface area contributed by atoms with Crippen molar-refractivity contribution < 1.29 is 9.53 Å². The van der Waals surface area contributed by atoms with Gasteiger partial charge in [0.05, 0.1) is 11.8 Å². The second-order valence-corrected chi connectivity index (χ2v) is 8.24. The van der Waals surface area contributed by atoms with E-state index in [1.165, 1.54) is 45.3 Å². The Hall–Kier alpha value is -1.75. The zero-order chi connectivity index (χ0) is 19.1. The van der Waals surface area contributed by atoms with Crippen molar-refractivity contribution in [2.75, 3.05) is 38.0 Å². The predicted octanol–water partition coefficient (Wildman–Crippen LogP) is 4.59. The molecule has 1 aromatic rings. The molecule has 0 aromatic heterocycles. The number of hydrogen-bond acceptors (Lipinski definition) is 3. The monoisotopic (exact) mass is 373 g/mol. The predicted molar refractivity (Wildman–Crippen MR) is 110 cm³/mol. The molecule has 5 heteroatoms. The Labute approximate surface area is 164 Å². The summed E-state index contributed by atoms with van der Waals surface area (Å²) in [5.74, 6) is 1.46. The van der Waals surface area contributed by atoms with Crippen molar-refractivity contribution in [2.24, 2.45) is 5.92 Å². The topological polar surface area (TPSA) is 44.8 Å². The molecule has 0 unspecified atom stereocenters. The van der Waals surface area contributed by atoms with Crippen LogP contribution in [0.15, 0.2) is 24.3 Å². The minimum absolute atomic E-state index is 0.0111. The highest BCUT2D eigenvalue weighted by Gasteiger charge is 2.25. The minimum atomic E-state index is -0.0111. The van der Waals surface area contributed by atoms with Crippen molar-refractivity contribution in [3.05, 3.63) is 24.3 Å². The van der Waals surface area contributed by atoms with Gasteiger partial charge in [0.1, 0.15) is 5.75 Å². The minimum Gasteiger partial charge on any atom is -0.489 e. The van der Waals surface area contributed by atoms with Crippen LogP contribution >= 0.6 is 0 Å². The number of urea groups is 1. The first-order valence-corrected chi connectivity index (χ1v) is 10.7. The number of nitrogens with one attached hydrogen (secondary N) is 1. The lowest BCUT2D eigenvalue weighted by atomic mass is 9.96. The summed E-state index contributed by atoms with van der Waals surface area (Å²) in [4.78, 5) is 17.3. The Balaban J connectivity index is 1.47. The average Bonchev–Trinajstić information content (AvgIpc) is 2.92. The van der Waals surface area contributed by atoms with Gasteiger partial charge in [-0.3, -0.25) is 0 Å². The Morgan fingerprint density at radius 2 is 1.74 bits per heavy atom. The average molecular weight is 374 g/mol. The molecule has 0 radical (unpaired) electrons. The fraction of sp³-hybridized carbons (Fsp3) is 0.682. The van der Waals surface area contributed by atoms with E-state index < -0.39 is 0 Å². The van der Waals surface area contributed by atoms with E-state index in [-0.39, 0.29) is 12.1 Å². The molecule has 0 aliphatic carbocycles. The SMILES string of the molecule is CC(C)Oc1ccccc1NC(=O)N1CCC(CN2CCCCCC2)CC1. The maximum atomic E-state index is 12.7. The van der Waals surface area contributed by atoms with Crippen molar-refractivity contribution in [3.8, 4) is 5.75 Å². The van der Waals surface area contributed by atoms with Crippen LogP contribution in [0.3, 0.4) is 0 Å². The third kappa shape index (κ3) is 6.13. The first-order valence-electron chi connectivity index (χ1n) is 10.7. The van der Waals surface area contributed by atoms with Crippen molar-refractivity contribution >= 4 is 11.7 Å². The molecule has 2 fully saturated rings. The Bertz CT molecular complexity index is 589. The highest BCUT2D eigenvalue weighted by atomic mass is 16.5. The number of para-hydroxylation sites is 2. The van der Waals surface area contributed by atoms with Gasteiger partial charge in [0.2, 0.25) is 0 Å². The molecule has 0 atom stereocenters. The number of hydrogen-bond donors (Lipinski definition) is 1. The van der Waals surface area contributed by atoms with E-state index in [0.29, 0.717) is 0 Å². The molecule has 0 spiro atoms. The normalized spacial score (nSPS) is 19.7. The lowest BCUT2D eigenvalue weighted by Crippen LogP contribution is -2.43. The third-order valence-corrected chi connectivity index (χ3v) is 5.61. The molecule has 1 aromatic carbocycles. The number of benzene rings is 1. The molecular weight excluding hydrogens is 338 g/mol. The number of likely N-dealkylation sites (tertiary alicyclic amines) is 2. The van der Waals surface area contributed by atoms with Crippen LogP contribution in [0.5, 0.6) is 5.75 Å². The fourth-order valence-electron chi connectivity index (χ4n) is 4.12. The van der Waals surface area contributed by atoms with Gasteiger partial charge in [0, 0.05) is 19.6 Å². The van der Waals surface area contributed by atoms with E-state index in [1.54, 1.807) is 0 Å². The summed E-state index contributed by atoms with van der Waals surface area (Å²) >= 11 is 0.